The number of likely N-dealkylation sites (tertiary alicyclic amines) is 1. The van der Waals surface area contributed by atoms with Gasteiger partial charge < -0.3 is 9.74 Å². The summed E-state index contributed by atoms with van der Waals surface area (Å²) in [6, 6.07) is 5.71. The number of hydrogen-bond acceptors (Lipinski definition) is 3. The molecule has 1 saturated heterocycles. The van der Waals surface area contributed by atoms with Crippen LogP contribution in [0.3, 0.4) is 0 Å². The Morgan fingerprint density at radius 2 is 2.00 bits per heavy atom. The Kier molecular flexibility index (Phi) is 4.49. The summed E-state index contributed by atoms with van der Waals surface area (Å²) in [5, 5.41) is 4.01. The van der Waals surface area contributed by atoms with E-state index in [1.165, 1.54) is 29.2 Å². The molecule has 1 aliphatic rings. The van der Waals surface area contributed by atoms with Gasteiger partial charge in [-0.1, -0.05) is 12.1 Å². The molecule has 0 spiro atoms. The van der Waals surface area contributed by atoms with Gasteiger partial charge in [0.2, 0.25) is 0 Å². The van der Waals surface area contributed by atoms with E-state index in [4.69, 9.17) is 4.84 Å². The smallest absolute Gasteiger partial charge is 0.334 e. The number of carbonyl (C=O) groups excluding carboxylic acids is 1. The van der Waals surface area contributed by atoms with Gasteiger partial charge in [-0.25, -0.2) is 9.18 Å². The maximum atomic E-state index is 12.8. The second-order valence-corrected chi connectivity index (χ2v) is 5.52. The van der Waals surface area contributed by atoms with E-state index in [2.05, 4.69) is 26.1 Å². The highest BCUT2D eigenvalue weighted by atomic mass is 19.1. The topological polar surface area (TPSA) is 43.1 Å². The first-order valence-electron chi connectivity index (χ1n) is 6.83. The van der Waals surface area contributed by atoms with Gasteiger partial charge in [-0.2, -0.15) is 0 Å². The van der Waals surface area contributed by atoms with Crippen LogP contribution < -0.4 is 4.90 Å². The molecule has 2 rings (SSSR count). The number of halogens is 1. The Bertz CT molecular complexity index is 513. The highest BCUT2D eigenvalue weighted by Gasteiger charge is 2.29. The van der Waals surface area contributed by atoms with Crippen LogP contribution >= 0.6 is 0 Å². The molecule has 0 aliphatic carbocycles. The lowest BCUT2D eigenvalue weighted by atomic mass is 9.93. The molecule has 1 aromatic rings. The van der Waals surface area contributed by atoms with Crippen molar-refractivity contribution in [3.63, 3.8) is 0 Å². The van der Waals surface area contributed by atoms with Gasteiger partial charge in [-0.15, -0.1) is 0 Å². The van der Waals surface area contributed by atoms with Crippen LogP contribution in [0.4, 0.5) is 4.39 Å². The lowest BCUT2D eigenvalue weighted by Crippen LogP contribution is -3.14. The molecule has 0 saturated carbocycles. The van der Waals surface area contributed by atoms with Gasteiger partial charge in [0, 0.05) is 12.3 Å². The van der Waals surface area contributed by atoms with Gasteiger partial charge in [0.05, 0.1) is 30.9 Å². The van der Waals surface area contributed by atoms with Crippen LogP contribution in [-0.4, -0.2) is 31.3 Å². The van der Waals surface area contributed by atoms with Crippen molar-refractivity contribution in [1.82, 2.24) is 0 Å². The minimum Gasteiger partial charge on any atom is -0.334 e. The molecule has 3 atom stereocenters. The Morgan fingerprint density at radius 1 is 1.35 bits per heavy atom. The Labute approximate surface area is 118 Å². The zero-order chi connectivity index (χ0) is 14.7. The van der Waals surface area contributed by atoms with Crippen LogP contribution in [0.2, 0.25) is 0 Å². The van der Waals surface area contributed by atoms with Crippen LogP contribution in [0.1, 0.15) is 30.6 Å². The van der Waals surface area contributed by atoms with Crippen molar-refractivity contribution in [2.75, 3.05) is 13.6 Å². The van der Waals surface area contributed by atoms with E-state index in [1.54, 1.807) is 0 Å². The first kappa shape index (κ1) is 14.7. The zero-order valence-corrected chi connectivity index (χ0v) is 12.0. The molecule has 108 valence electrons. The number of oxime groups is 1. The second kappa shape index (κ2) is 6.13. The quantitative estimate of drug-likeness (QED) is 0.654. The van der Waals surface area contributed by atoms with E-state index >= 15 is 0 Å². The average molecular weight is 279 g/mol. The van der Waals surface area contributed by atoms with Crippen LogP contribution in [0.15, 0.2) is 29.4 Å². The van der Waals surface area contributed by atoms with E-state index < -0.39 is 5.97 Å². The monoisotopic (exact) mass is 279 g/mol. The normalized spacial score (nSPS) is 28.4. The lowest BCUT2D eigenvalue weighted by molar-refractivity contribution is -0.908. The van der Waals surface area contributed by atoms with E-state index in [0.717, 1.165) is 18.7 Å². The molecule has 0 amide bonds. The van der Waals surface area contributed by atoms with Gasteiger partial charge in [-0.3, -0.25) is 0 Å². The lowest BCUT2D eigenvalue weighted by Gasteiger charge is -2.31. The Balaban J connectivity index is 2.01. The molecule has 0 aromatic heterocycles. The minimum absolute atomic E-state index is 0.298. The number of benzene rings is 1. The number of piperidine rings is 1. The number of nitrogens with zero attached hydrogens (tertiary/aromatic N) is 1. The summed E-state index contributed by atoms with van der Waals surface area (Å²) in [4.78, 5) is 18.2. The van der Waals surface area contributed by atoms with Crippen LogP contribution in [-0.2, 0) is 4.84 Å². The van der Waals surface area contributed by atoms with Gasteiger partial charge >= 0.3 is 5.97 Å². The Hall–Kier alpha value is -1.75. The summed E-state index contributed by atoms with van der Waals surface area (Å²) in [7, 11) is 2.16. The van der Waals surface area contributed by atoms with Crippen LogP contribution in [0.5, 0.6) is 0 Å². The molecule has 1 fully saturated rings. The molecule has 20 heavy (non-hydrogen) atoms. The fraction of sp³-hybridized carbons (Fsp3) is 0.467. The molecule has 1 aliphatic heterocycles. The number of quaternary nitrogens is 1. The molecular weight excluding hydrogens is 259 g/mol. The fourth-order valence-corrected chi connectivity index (χ4v) is 2.36. The maximum absolute atomic E-state index is 12.8. The number of nitrogens with one attached hydrogen (secondary N) is 1. The summed E-state index contributed by atoms with van der Waals surface area (Å²) in [6.45, 7) is 5.21. The summed E-state index contributed by atoms with van der Waals surface area (Å²) >= 11 is 0. The second-order valence-electron chi connectivity index (χ2n) is 5.52. The zero-order valence-electron chi connectivity index (χ0n) is 12.0. The molecule has 4 nitrogen and oxygen atoms in total. The van der Waals surface area contributed by atoms with Gasteiger partial charge in [0.15, 0.2) is 0 Å². The third kappa shape index (κ3) is 3.42. The van der Waals surface area contributed by atoms with Gasteiger partial charge in [0.1, 0.15) is 5.82 Å². The standard InChI is InChI=1S/C15H19FN2O2/c1-10-9-18(3)11(2)8-14(10)17-20-15(19)12-4-6-13(16)7-5-12/h4-7,10-11H,8-9H2,1-3H3/p+1/b17-14-/t10-,11+/m1/s1. The van der Waals surface area contributed by atoms with Crippen molar-refractivity contribution in [2.24, 2.45) is 11.1 Å². The van der Waals surface area contributed by atoms with E-state index in [-0.39, 0.29) is 5.82 Å². The molecular formula is C15H20FN2O2+. The first-order chi connectivity index (χ1) is 9.47. The molecule has 1 heterocycles. The van der Waals surface area contributed by atoms with Crippen molar-refractivity contribution < 1.29 is 18.9 Å². The third-order valence-corrected chi connectivity index (χ3v) is 3.88. The predicted octanol–water partition coefficient (Wildman–Crippen LogP) is 1.28. The Morgan fingerprint density at radius 3 is 2.65 bits per heavy atom. The summed E-state index contributed by atoms with van der Waals surface area (Å²) in [6.07, 6.45) is 0.823. The molecule has 5 heteroatoms. The third-order valence-electron chi connectivity index (χ3n) is 3.88. The van der Waals surface area contributed by atoms with Crippen molar-refractivity contribution >= 4 is 11.7 Å². The molecule has 1 aromatic carbocycles. The van der Waals surface area contributed by atoms with Gasteiger partial charge in [0.25, 0.3) is 0 Å². The molecule has 1 N–H and O–H groups in total. The highest BCUT2D eigenvalue weighted by molar-refractivity contribution is 5.91. The van der Waals surface area contributed by atoms with Crippen LogP contribution in [0.25, 0.3) is 0 Å². The number of hydrogen-bond donors (Lipinski definition) is 1. The first-order valence-corrected chi connectivity index (χ1v) is 6.83. The van der Waals surface area contributed by atoms with Crippen molar-refractivity contribution in [3.8, 4) is 0 Å². The molecule has 0 radical (unpaired) electrons. The summed E-state index contributed by atoms with van der Waals surface area (Å²) in [5.41, 5.74) is 1.22. The van der Waals surface area contributed by atoms with Crippen molar-refractivity contribution in [3.05, 3.63) is 35.6 Å². The van der Waals surface area contributed by atoms with Gasteiger partial charge in [-0.05, 0) is 31.2 Å². The SMILES string of the molecule is C[C@@H]1C[NH+](C)[C@@H](C)C/C1=N/OC(=O)c1ccc(F)cc1. The van der Waals surface area contributed by atoms with Crippen LogP contribution in [0, 0.1) is 11.7 Å². The van der Waals surface area contributed by atoms with Crippen molar-refractivity contribution in [1.29, 1.82) is 0 Å². The van der Waals surface area contributed by atoms with E-state index in [9.17, 15) is 9.18 Å². The maximum Gasteiger partial charge on any atom is 0.365 e. The molecule has 1 unspecified atom stereocenters. The highest BCUT2D eigenvalue weighted by Crippen LogP contribution is 2.10. The average Bonchev–Trinajstić information content (AvgIpc) is 2.42. The number of rotatable bonds is 2. The predicted molar refractivity (Wildman–Crippen MR) is 74.2 cm³/mol. The summed E-state index contributed by atoms with van der Waals surface area (Å²) in [5.74, 6) is -0.635. The van der Waals surface area contributed by atoms with E-state index in [1.807, 2.05) is 0 Å². The fourth-order valence-electron chi connectivity index (χ4n) is 2.36. The largest absolute Gasteiger partial charge is 0.365 e. The minimum atomic E-state index is -0.552. The summed E-state index contributed by atoms with van der Waals surface area (Å²) < 4.78 is 12.8. The van der Waals surface area contributed by atoms with E-state index in [0.29, 0.717) is 17.5 Å². The number of carbonyl (C=O) groups is 1. The van der Waals surface area contributed by atoms with Crippen molar-refractivity contribution in [2.45, 2.75) is 26.3 Å². The molecule has 0 bridgehead atoms.